The van der Waals surface area contributed by atoms with E-state index in [0.29, 0.717) is 17.3 Å². The summed E-state index contributed by atoms with van der Waals surface area (Å²) < 4.78 is 28.7. The SMILES string of the molecule is O=S1(=O)N=C(CSc2nccs2)Nc2ccccc21. The molecule has 2 aromatic rings. The van der Waals surface area contributed by atoms with E-state index in [-0.39, 0.29) is 4.90 Å². The normalized spacial score (nSPS) is 16.3. The summed E-state index contributed by atoms with van der Waals surface area (Å²) in [5.74, 6) is 0.875. The van der Waals surface area contributed by atoms with Crippen LogP contribution in [0, 0.1) is 0 Å². The minimum Gasteiger partial charge on any atom is -0.341 e. The van der Waals surface area contributed by atoms with E-state index in [1.807, 2.05) is 5.38 Å². The van der Waals surface area contributed by atoms with E-state index in [1.54, 1.807) is 30.5 Å². The van der Waals surface area contributed by atoms with Crippen LogP contribution in [-0.2, 0) is 10.0 Å². The highest BCUT2D eigenvalue weighted by molar-refractivity contribution is 8.01. The van der Waals surface area contributed by atoms with E-state index in [9.17, 15) is 8.42 Å². The summed E-state index contributed by atoms with van der Waals surface area (Å²) >= 11 is 2.98. The molecule has 1 aliphatic heterocycles. The Hall–Kier alpha value is -1.38. The molecule has 1 aromatic heterocycles. The second kappa shape index (κ2) is 4.95. The first-order valence-corrected chi connectivity index (χ1v) is 8.68. The second-order valence-electron chi connectivity index (χ2n) is 3.72. The number of fused-ring (bicyclic) bond motifs is 1. The number of rotatable bonds is 3. The number of hydrogen-bond donors (Lipinski definition) is 1. The molecule has 0 fully saturated rings. The van der Waals surface area contributed by atoms with Crippen LogP contribution in [0.2, 0.25) is 0 Å². The molecule has 0 bridgehead atoms. The fraction of sp³-hybridized carbons (Fsp3) is 0.0909. The molecule has 0 saturated heterocycles. The molecule has 1 N–H and O–H groups in total. The lowest BCUT2D eigenvalue weighted by Gasteiger charge is -2.17. The van der Waals surface area contributed by atoms with Crippen molar-refractivity contribution in [2.75, 3.05) is 11.1 Å². The van der Waals surface area contributed by atoms with Crippen molar-refractivity contribution in [3.05, 3.63) is 35.8 Å². The molecule has 1 aromatic carbocycles. The summed E-state index contributed by atoms with van der Waals surface area (Å²) in [6, 6.07) is 6.75. The maximum atomic E-state index is 12.0. The number of thioether (sulfide) groups is 1. The Morgan fingerprint density at radius 2 is 2.16 bits per heavy atom. The number of para-hydroxylation sites is 1. The Kier molecular flexibility index (Phi) is 3.29. The minimum atomic E-state index is -3.59. The smallest absolute Gasteiger partial charge is 0.286 e. The average Bonchev–Trinajstić information content (AvgIpc) is 2.89. The highest BCUT2D eigenvalue weighted by atomic mass is 32.2. The predicted octanol–water partition coefficient (Wildman–Crippen LogP) is 2.45. The Morgan fingerprint density at radius 1 is 1.32 bits per heavy atom. The Morgan fingerprint density at radius 3 is 2.95 bits per heavy atom. The minimum absolute atomic E-state index is 0.220. The lowest BCUT2D eigenvalue weighted by atomic mass is 10.3. The molecule has 0 aliphatic carbocycles. The van der Waals surface area contributed by atoms with Gasteiger partial charge in [-0.3, -0.25) is 0 Å². The third kappa shape index (κ3) is 2.65. The summed E-state index contributed by atoms with van der Waals surface area (Å²) in [4.78, 5) is 4.35. The molecule has 5 nitrogen and oxygen atoms in total. The highest BCUT2D eigenvalue weighted by Crippen LogP contribution is 2.28. The topological polar surface area (TPSA) is 71.4 Å². The zero-order valence-electron chi connectivity index (χ0n) is 9.61. The predicted molar refractivity (Wildman–Crippen MR) is 77.5 cm³/mol. The van der Waals surface area contributed by atoms with Crippen LogP contribution in [0.1, 0.15) is 0 Å². The van der Waals surface area contributed by atoms with Gasteiger partial charge in [0.1, 0.15) is 15.1 Å². The summed E-state index contributed by atoms with van der Waals surface area (Å²) in [7, 11) is -3.59. The maximum absolute atomic E-state index is 12.0. The second-order valence-corrected chi connectivity index (χ2v) is 7.41. The van der Waals surface area contributed by atoms with Crippen LogP contribution in [0.25, 0.3) is 0 Å². The van der Waals surface area contributed by atoms with Crippen molar-refractivity contribution in [2.45, 2.75) is 9.24 Å². The number of nitrogens with zero attached hydrogens (tertiary/aromatic N) is 2. The maximum Gasteiger partial charge on any atom is 0.286 e. The van der Waals surface area contributed by atoms with E-state index >= 15 is 0 Å². The Balaban J connectivity index is 1.84. The van der Waals surface area contributed by atoms with E-state index in [2.05, 4.69) is 14.7 Å². The highest BCUT2D eigenvalue weighted by Gasteiger charge is 2.24. The van der Waals surface area contributed by atoms with Crippen LogP contribution < -0.4 is 5.32 Å². The summed E-state index contributed by atoms with van der Waals surface area (Å²) in [5.41, 5.74) is 0.576. The largest absolute Gasteiger partial charge is 0.341 e. The molecular weight excluding hydrogens is 302 g/mol. The van der Waals surface area contributed by atoms with Crippen LogP contribution in [0.5, 0.6) is 0 Å². The van der Waals surface area contributed by atoms with Gasteiger partial charge in [0.2, 0.25) is 0 Å². The van der Waals surface area contributed by atoms with Gasteiger partial charge in [-0.25, -0.2) is 4.98 Å². The van der Waals surface area contributed by atoms with E-state index in [4.69, 9.17) is 0 Å². The van der Waals surface area contributed by atoms with Crippen LogP contribution >= 0.6 is 23.1 Å². The molecule has 1 aliphatic rings. The number of sulfonamides is 1. The van der Waals surface area contributed by atoms with Crippen molar-refractivity contribution < 1.29 is 8.42 Å². The molecule has 0 radical (unpaired) electrons. The monoisotopic (exact) mass is 311 g/mol. The quantitative estimate of drug-likeness (QED) is 0.882. The number of thiazole rings is 1. The molecule has 0 spiro atoms. The molecular formula is C11H9N3O2S3. The lowest BCUT2D eigenvalue weighted by molar-refractivity contribution is 0.598. The van der Waals surface area contributed by atoms with Crippen LogP contribution in [0.4, 0.5) is 5.69 Å². The first kappa shape index (κ1) is 12.6. The first-order chi connectivity index (χ1) is 9.15. The fourth-order valence-electron chi connectivity index (χ4n) is 1.64. The van der Waals surface area contributed by atoms with Gasteiger partial charge in [0.15, 0.2) is 0 Å². The van der Waals surface area contributed by atoms with Crippen molar-refractivity contribution >= 4 is 44.6 Å². The van der Waals surface area contributed by atoms with Gasteiger partial charge in [-0.2, -0.15) is 8.42 Å². The number of amidine groups is 1. The number of hydrogen-bond acceptors (Lipinski definition) is 6. The van der Waals surface area contributed by atoms with Crippen LogP contribution in [0.15, 0.2) is 49.5 Å². The van der Waals surface area contributed by atoms with Gasteiger partial charge in [0.25, 0.3) is 10.0 Å². The molecule has 8 heteroatoms. The third-order valence-electron chi connectivity index (χ3n) is 2.42. The van der Waals surface area contributed by atoms with Gasteiger partial charge in [-0.1, -0.05) is 23.9 Å². The Bertz CT molecular complexity index is 723. The van der Waals surface area contributed by atoms with Gasteiger partial charge in [0.05, 0.1) is 11.4 Å². The zero-order valence-corrected chi connectivity index (χ0v) is 12.1. The Labute approximate surface area is 118 Å². The molecule has 0 saturated carbocycles. The van der Waals surface area contributed by atoms with E-state index in [1.165, 1.54) is 23.1 Å². The van der Waals surface area contributed by atoms with Gasteiger partial charge in [-0.05, 0) is 12.1 Å². The summed E-state index contributed by atoms with van der Waals surface area (Å²) in [6.45, 7) is 0. The first-order valence-electron chi connectivity index (χ1n) is 5.37. The molecule has 0 amide bonds. The number of nitrogens with one attached hydrogen (secondary N) is 1. The number of anilines is 1. The fourth-order valence-corrected chi connectivity index (χ4v) is 4.38. The molecule has 2 heterocycles. The number of benzene rings is 1. The third-order valence-corrected chi connectivity index (χ3v) is 5.77. The van der Waals surface area contributed by atoms with Crippen molar-refractivity contribution in [1.29, 1.82) is 0 Å². The zero-order chi connectivity index (χ0) is 13.3. The van der Waals surface area contributed by atoms with Crippen molar-refractivity contribution in [1.82, 2.24) is 4.98 Å². The van der Waals surface area contributed by atoms with Crippen molar-refractivity contribution in [3.63, 3.8) is 0 Å². The molecule has 0 unspecified atom stereocenters. The molecule has 98 valence electrons. The van der Waals surface area contributed by atoms with E-state index < -0.39 is 10.0 Å². The number of aromatic nitrogens is 1. The van der Waals surface area contributed by atoms with Crippen LogP contribution in [-0.4, -0.2) is 25.0 Å². The average molecular weight is 311 g/mol. The van der Waals surface area contributed by atoms with Gasteiger partial charge in [-0.15, -0.1) is 15.7 Å². The van der Waals surface area contributed by atoms with Gasteiger partial charge in [0, 0.05) is 11.6 Å². The van der Waals surface area contributed by atoms with Crippen LogP contribution in [0.3, 0.4) is 0 Å². The van der Waals surface area contributed by atoms with E-state index in [0.717, 1.165) is 4.34 Å². The van der Waals surface area contributed by atoms with Crippen molar-refractivity contribution in [2.24, 2.45) is 4.40 Å². The summed E-state index contributed by atoms with van der Waals surface area (Å²) in [6.07, 6.45) is 1.72. The molecule has 0 atom stereocenters. The standard InChI is InChI=1S/C11H9N3O2S3/c15-19(16)9-4-2-1-3-8(9)13-10(14-19)7-18-11-12-5-6-17-11/h1-6H,7H2,(H,13,14). The molecule has 3 rings (SSSR count). The summed E-state index contributed by atoms with van der Waals surface area (Å²) in [5, 5.41) is 4.92. The van der Waals surface area contributed by atoms with Gasteiger partial charge < -0.3 is 5.32 Å². The lowest BCUT2D eigenvalue weighted by Crippen LogP contribution is -2.23. The van der Waals surface area contributed by atoms with Gasteiger partial charge >= 0.3 is 0 Å². The molecule has 19 heavy (non-hydrogen) atoms. The van der Waals surface area contributed by atoms with Crippen molar-refractivity contribution in [3.8, 4) is 0 Å².